The van der Waals surface area contributed by atoms with Crippen molar-refractivity contribution in [3.05, 3.63) is 18.7 Å². The Kier molecular flexibility index (Phi) is 9.04. The van der Waals surface area contributed by atoms with E-state index in [-0.39, 0.29) is 24.0 Å². The quantitative estimate of drug-likeness (QED) is 0.427. The van der Waals surface area contributed by atoms with Crippen LogP contribution >= 0.6 is 24.0 Å². The SMILES string of the molecule is CCNC(=NCC(C)N(C)C)N1CCC(C)C(n2ccnc2)C1.I. The Morgan fingerprint density at radius 1 is 1.46 bits per heavy atom. The molecule has 0 amide bonds. The Morgan fingerprint density at radius 2 is 2.21 bits per heavy atom. The first-order valence-corrected chi connectivity index (χ1v) is 8.70. The van der Waals surface area contributed by atoms with E-state index in [4.69, 9.17) is 4.99 Å². The fraction of sp³-hybridized carbons (Fsp3) is 0.765. The first-order valence-electron chi connectivity index (χ1n) is 8.70. The summed E-state index contributed by atoms with van der Waals surface area (Å²) in [6.07, 6.45) is 7.05. The van der Waals surface area contributed by atoms with Gasteiger partial charge in [0, 0.05) is 38.1 Å². The number of nitrogens with zero attached hydrogens (tertiary/aromatic N) is 5. The number of rotatable bonds is 5. The van der Waals surface area contributed by atoms with Crippen LogP contribution in [0.25, 0.3) is 0 Å². The number of halogens is 1. The molecule has 0 saturated carbocycles. The van der Waals surface area contributed by atoms with E-state index in [9.17, 15) is 0 Å². The lowest BCUT2D eigenvalue weighted by Crippen LogP contribution is -2.49. The van der Waals surface area contributed by atoms with E-state index < -0.39 is 0 Å². The van der Waals surface area contributed by atoms with Crippen LogP contribution in [0.2, 0.25) is 0 Å². The summed E-state index contributed by atoms with van der Waals surface area (Å²) < 4.78 is 2.24. The first-order chi connectivity index (χ1) is 11.0. The van der Waals surface area contributed by atoms with Crippen LogP contribution in [-0.2, 0) is 0 Å². The number of hydrogen-bond donors (Lipinski definition) is 1. The second-order valence-corrected chi connectivity index (χ2v) is 6.80. The molecule has 7 heteroatoms. The fourth-order valence-electron chi connectivity index (χ4n) is 2.90. The molecule has 1 N–H and O–H groups in total. The first kappa shape index (κ1) is 21.2. The number of likely N-dealkylation sites (tertiary alicyclic amines) is 1. The molecule has 1 aromatic heterocycles. The summed E-state index contributed by atoms with van der Waals surface area (Å²) in [6, 6.07) is 0.901. The predicted octanol–water partition coefficient (Wildman–Crippen LogP) is 2.30. The number of aliphatic imine (C=N–C) groups is 1. The molecule has 0 aliphatic carbocycles. The summed E-state index contributed by atoms with van der Waals surface area (Å²) in [5.41, 5.74) is 0. The van der Waals surface area contributed by atoms with Crippen LogP contribution < -0.4 is 5.32 Å². The maximum Gasteiger partial charge on any atom is 0.194 e. The monoisotopic (exact) mass is 448 g/mol. The highest BCUT2D eigenvalue weighted by atomic mass is 127. The van der Waals surface area contributed by atoms with Crippen LogP contribution in [0, 0.1) is 5.92 Å². The van der Waals surface area contributed by atoms with Gasteiger partial charge in [-0.3, -0.25) is 4.99 Å². The zero-order valence-corrected chi connectivity index (χ0v) is 18.0. The minimum atomic E-state index is 0. The van der Waals surface area contributed by atoms with Crippen LogP contribution in [0.4, 0.5) is 0 Å². The maximum absolute atomic E-state index is 4.86. The van der Waals surface area contributed by atoms with E-state index in [1.807, 2.05) is 12.5 Å². The number of imidazole rings is 1. The molecule has 0 bridgehead atoms. The number of hydrogen-bond acceptors (Lipinski definition) is 3. The minimum absolute atomic E-state index is 0. The molecular weight excluding hydrogens is 415 g/mol. The topological polar surface area (TPSA) is 48.7 Å². The Balaban J connectivity index is 0.00000288. The molecule has 0 radical (unpaired) electrons. The number of nitrogens with one attached hydrogen (secondary N) is 1. The average Bonchev–Trinajstić information content (AvgIpc) is 3.05. The number of guanidine groups is 1. The lowest BCUT2D eigenvalue weighted by atomic mass is 9.93. The van der Waals surface area contributed by atoms with E-state index in [0.717, 1.165) is 32.1 Å². The Bertz CT molecular complexity index is 487. The molecule has 3 unspecified atom stereocenters. The second-order valence-electron chi connectivity index (χ2n) is 6.80. The molecule has 1 fully saturated rings. The lowest BCUT2D eigenvalue weighted by Gasteiger charge is -2.39. The molecule has 0 aromatic carbocycles. The van der Waals surface area contributed by atoms with Gasteiger partial charge < -0.3 is 19.7 Å². The summed E-state index contributed by atoms with van der Waals surface area (Å²) in [5, 5.41) is 3.46. The largest absolute Gasteiger partial charge is 0.357 e. The van der Waals surface area contributed by atoms with Gasteiger partial charge in [0.05, 0.1) is 18.9 Å². The summed E-state index contributed by atoms with van der Waals surface area (Å²) in [4.78, 5) is 13.7. The smallest absolute Gasteiger partial charge is 0.194 e. The van der Waals surface area contributed by atoms with Gasteiger partial charge in [-0.05, 0) is 40.3 Å². The molecule has 24 heavy (non-hydrogen) atoms. The fourth-order valence-corrected chi connectivity index (χ4v) is 2.90. The van der Waals surface area contributed by atoms with Crippen molar-refractivity contribution >= 4 is 29.9 Å². The van der Waals surface area contributed by atoms with Crippen LogP contribution in [0.5, 0.6) is 0 Å². The van der Waals surface area contributed by atoms with Crippen molar-refractivity contribution < 1.29 is 0 Å². The lowest BCUT2D eigenvalue weighted by molar-refractivity contribution is 0.188. The van der Waals surface area contributed by atoms with Gasteiger partial charge in [-0.25, -0.2) is 4.98 Å². The average molecular weight is 448 g/mol. The van der Waals surface area contributed by atoms with E-state index >= 15 is 0 Å². The molecule has 1 aliphatic heterocycles. The van der Waals surface area contributed by atoms with Crippen molar-refractivity contribution in [1.29, 1.82) is 0 Å². The highest BCUT2D eigenvalue weighted by Crippen LogP contribution is 2.27. The van der Waals surface area contributed by atoms with Gasteiger partial charge >= 0.3 is 0 Å². The molecule has 1 aliphatic rings. The molecule has 3 atom stereocenters. The zero-order valence-electron chi connectivity index (χ0n) is 15.6. The van der Waals surface area contributed by atoms with Crippen molar-refractivity contribution in [3.63, 3.8) is 0 Å². The molecule has 1 saturated heterocycles. The standard InChI is InChI=1S/C17H32N6.HI/c1-6-19-17(20-11-15(3)21(4)5)22-9-7-14(2)16(12-22)23-10-8-18-13-23;/h8,10,13-16H,6-7,9,11-12H2,1-5H3,(H,19,20);1H. The Labute approximate surface area is 163 Å². The summed E-state index contributed by atoms with van der Waals surface area (Å²) >= 11 is 0. The van der Waals surface area contributed by atoms with Crippen molar-refractivity contribution in [2.75, 3.05) is 40.3 Å². The van der Waals surface area contributed by atoms with Crippen LogP contribution in [0.1, 0.15) is 33.2 Å². The third kappa shape index (κ3) is 5.61. The maximum atomic E-state index is 4.86. The van der Waals surface area contributed by atoms with E-state index in [1.165, 1.54) is 6.42 Å². The van der Waals surface area contributed by atoms with Gasteiger partial charge in [0.2, 0.25) is 0 Å². The van der Waals surface area contributed by atoms with Crippen molar-refractivity contribution in [2.45, 2.75) is 39.3 Å². The number of piperidine rings is 1. The Hall–Kier alpha value is -0.830. The Morgan fingerprint density at radius 3 is 2.79 bits per heavy atom. The predicted molar refractivity (Wildman–Crippen MR) is 111 cm³/mol. The van der Waals surface area contributed by atoms with Gasteiger partial charge in [-0.1, -0.05) is 6.92 Å². The zero-order chi connectivity index (χ0) is 16.8. The summed E-state index contributed by atoms with van der Waals surface area (Å²) in [6.45, 7) is 10.4. The minimum Gasteiger partial charge on any atom is -0.357 e. The van der Waals surface area contributed by atoms with Gasteiger partial charge in [0.25, 0.3) is 0 Å². The highest BCUT2D eigenvalue weighted by molar-refractivity contribution is 14.0. The van der Waals surface area contributed by atoms with Crippen LogP contribution in [0.15, 0.2) is 23.7 Å². The second kappa shape index (κ2) is 10.2. The van der Waals surface area contributed by atoms with E-state index in [0.29, 0.717) is 18.0 Å². The third-order valence-corrected chi connectivity index (χ3v) is 4.85. The molecular formula is C17H33IN6. The van der Waals surface area contributed by atoms with Gasteiger partial charge in [0.15, 0.2) is 5.96 Å². The number of likely N-dealkylation sites (N-methyl/N-ethyl adjacent to an activating group) is 1. The molecule has 6 nitrogen and oxygen atoms in total. The molecule has 2 heterocycles. The van der Waals surface area contributed by atoms with Gasteiger partial charge in [-0.15, -0.1) is 24.0 Å². The van der Waals surface area contributed by atoms with Crippen LogP contribution in [0.3, 0.4) is 0 Å². The van der Waals surface area contributed by atoms with Gasteiger partial charge in [-0.2, -0.15) is 0 Å². The van der Waals surface area contributed by atoms with Crippen molar-refractivity contribution in [2.24, 2.45) is 10.9 Å². The summed E-state index contributed by atoms with van der Waals surface area (Å²) in [7, 11) is 4.20. The van der Waals surface area contributed by atoms with E-state index in [2.05, 4.69) is 65.7 Å². The molecule has 2 rings (SSSR count). The third-order valence-electron chi connectivity index (χ3n) is 4.85. The van der Waals surface area contributed by atoms with Crippen molar-refractivity contribution in [1.82, 2.24) is 24.7 Å². The molecule has 1 aromatic rings. The molecule has 138 valence electrons. The summed E-state index contributed by atoms with van der Waals surface area (Å²) in [5.74, 6) is 1.70. The highest BCUT2D eigenvalue weighted by Gasteiger charge is 2.28. The number of aromatic nitrogens is 2. The van der Waals surface area contributed by atoms with Gasteiger partial charge in [0.1, 0.15) is 0 Å². The van der Waals surface area contributed by atoms with Crippen molar-refractivity contribution in [3.8, 4) is 0 Å². The van der Waals surface area contributed by atoms with E-state index in [1.54, 1.807) is 0 Å². The van der Waals surface area contributed by atoms with Crippen LogP contribution in [-0.4, -0.2) is 71.6 Å². The normalized spacial score (nSPS) is 23.1. The molecule has 0 spiro atoms.